The highest BCUT2D eigenvalue weighted by atomic mass is 19.1. The van der Waals surface area contributed by atoms with E-state index in [0.717, 1.165) is 17.5 Å². The topological polar surface area (TPSA) is 48.2 Å². The van der Waals surface area contributed by atoms with Crippen LogP contribution in [0.4, 0.5) is 4.39 Å². The van der Waals surface area contributed by atoms with Crippen molar-refractivity contribution < 1.29 is 13.5 Å². The van der Waals surface area contributed by atoms with Gasteiger partial charge in [0.05, 0.1) is 6.61 Å². The van der Waals surface area contributed by atoms with Crippen LogP contribution in [0, 0.1) is 12.7 Å². The van der Waals surface area contributed by atoms with Gasteiger partial charge in [-0.05, 0) is 42.0 Å². The summed E-state index contributed by atoms with van der Waals surface area (Å²) in [4.78, 5) is 0. The number of nitrogens with zero attached hydrogens (tertiary/aromatic N) is 2. The molecule has 3 aromatic rings. The van der Waals surface area contributed by atoms with Crippen LogP contribution in [-0.4, -0.2) is 16.8 Å². The second-order valence-electron chi connectivity index (χ2n) is 4.88. The van der Waals surface area contributed by atoms with E-state index in [1.54, 1.807) is 19.1 Å². The predicted octanol–water partition coefficient (Wildman–Crippen LogP) is 3.81. The van der Waals surface area contributed by atoms with E-state index in [4.69, 9.17) is 9.15 Å². The zero-order valence-electron chi connectivity index (χ0n) is 12.1. The van der Waals surface area contributed by atoms with Gasteiger partial charge >= 0.3 is 0 Å². The molecular weight excluding hydrogens is 283 g/mol. The molecule has 0 spiro atoms. The van der Waals surface area contributed by atoms with Gasteiger partial charge in [-0.25, -0.2) is 4.39 Å². The average Bonchev–Trinajstić information content (AvgIpc) is 2.96. The van der Waals surface area contributed by atoms with E-state index in [9.17, 15) is 4.39 Å². The van der Waals surface area contributed by atoms with Gasteiger partial charge in [-0.15, -0.1) is 10.2 Å². The molecule has 0 aliphatic carbocycles. The molecule has 0 unspecified atom stereocenters. The zero-order chi connectivity index (χ0) is 15.4. The summed E-state index contributed by atoms with van der Waals surface area (Å²) in [6.45, 7) is 2.27. The molecule has 0 amide bonds. The van der Waals surface area contributed by atoms with Crippen LogP contribution in [0.2, 0.25) is 0 Å². The van der Waals surface area contributed by atoms with Crippen molar-refractivity contribution in [1.29, 1.82) is 0 Å². The first-order valence-corrected chi connectivity index (χ1v) is 6.98. The molecule has 0 fully saturated rings. The van der Waals surface area contributed by atoms with Crippen molar-refractivity contribution in [2.24, 2.45) is 0 Å². The van der Waals surface area contributed by atoms with Crippen LogP contribution in [-0.2, 0) is 6.42 Å². The number of aryl methyl sites for hydroxylation is 1. The second kappa shape index (κ2) is 6.39. The molecule has 112 valence electrons. The number of rotatable bonds is 5. The lowest BCUT2D eigenvalue weighted by molar-refractivity contribution is 0.321. The standard InChI is InChI=1S/C17H15FN2O2/c1-12-19-20-17(22-12)14-4-2-3-13(11-14)9-10-21-16-7-5-15(18)6-8-16/h2-8,11H,9-10H2,1H3. The van der Waals surface area contributed by atoms with Crippen LogP contribution in [0.5, 0.6) is 5.75 Å². The second-order valence-corrected chi connectivity index (χ2v) is 4.88. The minimum atomic E-state index is -0.269. The van der Waals surface area contributed by atoms with Gasteiger partial charge in [0, 0.05) is 18.9 Å². The van der Waals surface area contributed by atoms with Crippen molar-refractivity contribution in [2.75, 3.05) is 6.61 Å². The monoisotopic (exact) mass is 298 g/mol. The number of ether oxygens (including phenoxy) is 1. The van der Waals surface area contributed by atoms with Gasteiger partial charge in [-0.3, -0.25) is 0 Å². The largest absolute Gasteiger partial charge is 0.493 e. The Bertz CT molecular complexity index is 753. The Balaban J connectivity index is 1.62. The quantitative estimate of drug-likeness (QED) is 0.718. The lowest BCUT2D eigenvalue weighted by atomic mass is 10.1. The summed E-state index contributed by atoms with van der Waals surface area (Å²) in [5.41, 5.74) is 2.00. The number of hydrogen-bond donors (Lipinski definition) is 0. The molecule has 5 heteroatoms. The summed E-state index contributed by atoms with van der Waals surface area (Å²) in [6.07, 6.45) is 0.734. The first-order valence-electron chi connectivity index (χ1n) is 6.98. The van der Waals surface area contributed by atoms with Crippen molar-refractivity contribution in [3.8, 4) is 17.2 Å². The molecule has 22 heavy (non-hydrogen) atoms. The van der Waals surface area contributed by atoms with Gasteiger partial charge in [0.1, 0.15) is 11.6 Å². The molecule has 0 radical (unpaired) electrons. The van der Waals surface area contributed by atoms with Crippen LogP contribution in [0.15, 0.2) is 52.9 Å². The van der Waals surface area contributed by atoms with E-state index < -0.39 is 0 Å². The lowest BCUT2D eigenvalue weighted by Gasteiger charge is -2.06. The van der Waals surface area contributed by atoms with Gasteiger partial charge in [-0.1, -0.05) is 12.1 Å². The third-order valence-corrected chi connectivity index (χ3v) is 3.17. The molecule has 3 rings (SSSR count). The van der Waals surface area contributed by atoms with Crippen LogP contribution >= 0.6 is 0 Å². The van der Waals surface area contributed by atoms with E-state index in [1.165, 1.54) is 12.1 Å². The maximum atomic E-state index is 12.8. The molecule has 4 nitrogen and oxygen atoms in total. The Hall–Kier alpha value is -2.69. The molecule has 0 atom stereocenters. The van der Waals surface area contributed by atoms with Crippen molar-refractivity contribution >= 4 is 0 Å². The highest BCUT2D eigenvalue weighted by molar-refractivity contribution is 5.53. The Labute approximate surface area is 127 Å². The third kappa shape index (κ3) is 3.49. The Kier molecular flexibility index (Phi) is 4.14. The van der Waals surface area contributed by atoms with Gasteiger partial charge in [0.2, 0.25) is 11.8 Å². The van der Waals surface area contributed by atoms with Gasteiger partial charge < -0.3 is 9.15 Å². The van der Waals surface area contributed by atoms with E-state index in [2.05, 4.69) is 10.2 Å². The van der Waals surface area contributed by atoms with Gasteiger partial charge in [0.15, 0.2) is 0 Å². The SMILES string of the molecule is Cc1nnc(-c2cccc(CCOc3ccc(F)cc3)c2)o1. The summed E-state index contributed by atoms with van der Waals surface area (Å²) in [5.74, 6) is 1.44. The van der Waals surface area contributed by atoms with E-state index in [-0.39, 0.29) is 5.82 Å². The minimum Gasteiger partial charge on any atom is -0.493 e. The Morgan fingerprint density at radius 3 is 2.64 bits per heavy atom. The molecule has 1 aromatic heterocycles. The lowest BCUT2D eigenvalue weighted by Crippen LogP contribution is -2.01. The molecule has 0 saturated carbocycles. The fraction of sp³-hybridized carbons (Fsp3) is 0.176. The fourth-order valence-electron chi connectivity index (χ4n) is 2.09. The summed E-state index contributed by atoms with van der Waals surface area (Å²) in [7, 11) is 0. The number of hydrogen-bond acceptors (Lipinski definition) is 4. The molecule has 0 aliphatic rings. The first-order chi connectivity index (χ1) is 10.7. The van der Waals surface area contributed by atoms with Crippen LogP contribution in [0.3, 0.4) is 0 Å². The van der Waals surface area contributed by atoms with Crippen molar-refractivity contribution in [3.63, 3.8) is 0 Å². The van der Waals surface area contributed by atoms with Crippen molar-refractivity contribution in [3.05, 3.63) is 65.8 Å². The molecule has 0 saturated heterocycles. The normalized spacial score (nSPS) is 10.6. The maximum absolute atomic E-state index is 12.8. The maximum Gasteiger partial charge on any atom is 0.247 e. The zero-order valence-corrected chi connectivity index (χ0v) is 12.1. The number of halogens is 1. The summed E-state index contributed by atoms with van der Waals surface area (Å²) in [6, 6.07) is 13.9. The summed E-state index contributed by atoms with van der Waals surface area (Å²) >= 11 is 0. The van der Waals surface area contributed by atoms with Gasteiger partial charge in [0.25, 0.3) is 0 Å². The molecular formula is C17H15FN2O2. The molecule has 1 heterocycles. The number of benzene rings is 2. The molecule has 0 N–H and O–H groups in total. The van der Waals surface area contributed by atoms with Crippen molar-refractivity contribution in [2.45, 2.75) is 13.3 Å². The molecule has 0 aliphatic heterocycles. The predicted molar refractivity (Wildman–Crippen MR) is 80.1 cm³/mol. The molecule has 2 aromatic carbocycles. The first kappa shape index (κ1) is 14.3. The molecule has 0 bridgehead atoms. The average molecular weight is 298 g/mol. The van der Waals surface area contributed by atoms with Crippen LogP contribution < -0.4 is 4.74 Å². The smallest absolute Gasteiger partial charge is 0.247 e. The van der Waals surface area contributed by atoms with Crippen LogP contribution in [0.1, 0.15) is 11.5 Å². The van der Waals surface area contributed by atoms with E-state index in [1.807, 2.05) is 24.3 Å². The van der Waals surface area contributed by atoms with Crippen LogP contribution in [0.25, 0.3) is 11.5 Å². The third-order valence-electron chi connectivity index (χ3n) is 3.17. The fourth-order valence-corrected chi connectivity index (χ4v) is 2.09. The summed E-state index contributed by atoms with van der Waals surface area (Å²) in [5, 5.41) is 7.84. The number of aromatic nitrogens is 2. The van der Waals surface area contributed by atoms with E-state index in [0.29, 0.717) is 24.1 Å². The highest BCUT2D eigenvalue weighted by Gasteiger charge is 2.06. The van der Waals surface area contributed by atoms with Gasteiger partial charge in [-0.2, -0.15) is 0 Å². The van der Waals surface area contributed by atoms with E-state index >= 15 is 0 Å². The highest BCUT2D eigenvalue weighted by Crippen LogP contribution is 2.19. The summed E-state index contributed by atoms with van der Waals surface area (Å²) < 4.78 is 23.8. The Morgan fingerprint density at radius 1 is 1.09 bits per heavy atom. The Morgan fingerprint density at radius 2 is 1.91 bits per heavy atom. The minimum absolute atomic E-state index is 0.269. The van der Waals surface area contributed by atoms with Crippen molar-refractivity contribution in [1.82, 2.24) is 10.2 Å².